The number of carbonyl (C=O) groups excluding carboxylic acids is 1. The van der Waals surface area contributed by atoms with Crippen LogP contribution >= 0.6 is 23.2 Å². The van der Waals surface area contributed by atoms with E-state index in [1.165, 1.54) is 6.20 Å². The van der Waals surface area contributed by atoms with Gasteiger partial charge in [-0.3, -0.25) is 9.98 Å². The lowest BCUT2D eigenvalue weighted by Gasteiger charge is -2.06. The van der Waals surface area contributed by atoms with Crippen molar-refractivity contribution in [1.82, 2.24) is 4.98 Å². The number of ketones is 1. The summed E-state index contributed by atoms with van der Waals surface area (Å²) < 4.78 is 0. The minimum Gasteiger partial charge on any atom is -0.300 e. The third-order valence-corrected chi connectivity index (χ3v) is 2.56. The minimum atomic E-state index is 0.117. The number of hydrogen-bond acceptors (Lipinski definition) is 3. The molecule has 0 aliphatic carbocycles. The van der Waals surface area contributed by atoms with Crippen molar-refractivity contribution in [3.63, 3.8) is 0 Å². The first kappa shape index (κ1) is 13.1. The summed E-state index contributed by atoms with van der Waals surface area (Å²) in [5, 5.41) is 0.937. The molecule has 0 radical (unpaired) electrons. The van der Waals surface area contributed by atoms with Crippen molar-refractivity contribution in [2.45, 2.75) is 19.8 Å². The fourth-order valence-electron chi connectivity index (χ4n) is 1.26. The molecule has 0 spiro atoms. The molecule has 0 aromatic carbocycles. The third-order valence-electron chi connectivity index (χ3n) is 2.06. The number of hydrogen-bond donors (Lipinski definition) is 0. The van der Waals surface area contributed by atoms with Crippen LogP contribution in [0.3, 0.4) is 0 Å². The highest BCUT2D eigenvalue weighted by Crippen LogP contribution is 2.20. The van der Waals surface area contributed by atoms with E-state index in [1.807, 2.05) is 0 Å². The van der Waals surface area contributed by atoms with Crippen molar-refractivity contribution in [3.05, 3.63) is 28.0 Å². The maximum Gasteiger partial charge on any atom is 0.130 e. The second kappa shape index (κ2) is 5.97. The van der Waals surface area contributed by atoms with Crippen molar-refractivity contribution in [2.75, 3.05) is 7.05 Å². The maximum absolute atomic E-state index is 10.9. The van der Waals surface area contributed by atoms with E-state index in [9.17, 15) is 4.79 Å². The maximum atomic E-state index is 10.9. The molecular weight excluding hydrogens is 247 g/mol. The summed E-state index contributed by atoms with van der Waals surface area (Å²) in [6.07, 6.45) is 2.50. The van der Waals surface area contributed by atoms with E-state index in [2.05, 4.69) is 9.98 Å². The van der Waals surface area contributed by atoms with Crippen LogP contribution in [-0.4, -0.2) is 23.5 Å². The normalized spacial score (nSPS) is 11.6. The summed E-state index contributed by atoms with van der Waals surface area (Å²) in [7, 11) is 1.65. The molecule has 0 aliphatic rings. The molecule has 86 valence electrons. The molecular formula is C11H12Cl2N2O. The Morgan fingerprint density at radius 2 is 2.12 bits per heavy atom. The molecule has 0 saturated carbocycles. The van der Waals surface area contributed by atoms with E-state index in [0.717, 1.165) is 5.71 Å². The highest BCUT2D eigenvalue weighted by atomic mass is 35.5. The highest BCUT2D eigenvalue weighted by molar-refractivity contribution is 6.36. The van der Waals surface area contributed by atoms with Gasteiger partial charge in [-0.2, -0.15) is 0 Å². The van der Waals surface area contributed by atoms with Gasteiger partial charge in [0.25, 0.3) is 0 Å². The molecule has 1 aromatic rings. The van der Waals surface area contributed by atoms with Crippen molar-refractivity contribution < 1.29 is 4.79 Å². The molecule has 1 aromatic heterocycles. The van der Waals surface area contributed by atoms with Crippen LogP contribution in [0.5, 0.6) is 0 Å². The number of halogens is 2. The second-order valence-electron chi connectivity index (χ2n) is 3.36. The van der Waals surface area contributed by atoms with Gasteiger partial charge in [0.15, 0.2) is 0 Å². The Kier molecular flexibility index (Phi) is 4.90. The number of rotatable bonds is 4. The molecule has 0 fully saturated rings. The first-order chi connectivity index (χ1) is 7.54. The standard InChI is InChI=1S/C11H12Cl2N2O/c1-7(16)3-4-10(14-2)11-9(13)5-8(12)6-15-11/h5-6H,3-4H2,1-2H3. The summed E-state index contributed by atoms with van der Waals surface area (Å²) in [6.45, 7) is 1.55. The van der Waals surface area contributed by atoms with Crippen LogP contribution in [0.15, 0.2) is 17.3 Å². The zero-order valence-corrected chi connectivity index (χ0v) is 10.6. The predicted molar refractivity (Wildman–Crippen MR) is 66.6 cm³/mol. The smallest absolute Gasteiger partial charge is 0.130 e. The van der Waals surface area contributed by atoms with Crippen LogP contribution in [-0.2, 0) is 4.79 Å². The lowest BCUT2D eigenvalue weighted by molar-refractivity contribution is -0.116. The van der Waals surface area contributed by atoms with Gasteiger partial charge >= 0.3 is 0 Å². The third kappa shape index (κ3) is 3.58. The van der Waals surface area contributed by atoms with Crippen molar-refractivity contribution in [2.24, 2.45) is 4.99 Å². The zero-order valence-electron chi connectivity index (χ0n) is 9.13. The molecule has 0 atom stereocenters. The highest BCUT2D eigenvalue weighted by Gasteiger charge is 2.10. The van der Waals surface area contributed by atoms with Gasteiger partial charge in [0, 0.05) is 19.7 Å². The van der Waals surface area contributed by atoms with Gasteiger partial charge in [0.1, 0.15) is 11.5 Å². The number of pyridine rings is 1. The van der Waals surface area contributed by atoms with Gasteiger partial charge in [0.2, 0.25) is 0 Å². The predicted octanol–water partition coefficient (Wildman–Crippen LogP) is 3.18. The Labute approximate surface area is 105 Å². The molecule has 0 unspecified atom stereocenters. The van der Waals surface area contributed by atoms with E-state index in [1.54, 1.807) is 20.0 Å². The lowest BCUT2D eigenvalue weighted by atomic mass is 10.1. The average Bonchev–Trinajstić information content (AvgIpc) is 2.21. The van der Waals surface area contributed by atoms with Crippen LogP contribution in [0.4, 0.5) is 0 Å². The number of aromatic nitrogens is 1. The summed E-state index contributed by atoms with van der Waals surface area (Å²) in [6, 6.07) is 1.62. The lowest BCUT2D eigenvalue weighted by Crippen LogP contribution is -2.07. The molecule has 1 rings (SSSR count). The Balaban J connectivity index is 2.92. The first-order valence-electron chi connectivity index (χ1n) is 4.81. The molecule has 16 heavy (non-hydrogen) atoms. The van der Waals surface area contributed by atoms with Crippen molar-refractivity contribution in [1.29, 1.82) is 0 Å². The van der Waals surface area contributed by atoms with Crippen LogP contribution in [0.1, 0.15) is 25.5 Å². The second-order valence-corrected chi connectivity index (χ2v) is 4.20. The van der Waals surface area contributed by atoms with Gasteiger partial charge in [-0.15, -0.1) is 0 Å². The quantitative estimate of drug-likeness (QED) is 0.779. The largest absolute Gasteiger partial charge is 0.300 e. The molecule has 0 bridgehead atoms. The van der Waals surface area contributed by atoms with Gasteiger partial charge in [-0.25, -0.2) is 0 Å². The first-order valence-corrected chi connectivity index (χ1v) is 5.56. The van der Waals surface area contributed by atoms with Crippen LogP contribution in [0.2, 0.25) is 10.0 Å². The molecule has 0 N–H and O–H groups in total. The van der Waals surface area contributed by atoms with Crippen LogP contribution < -0.4 is 0 Å². The Morgan fingerprint density at radius 1 is 1.44 bits per heavy atom. The van der Waals surface area contributed by atoms with Crippen LogP contribution in [0, 0.1) is 0 Å². The van der Waals surface area contributed by atoms with Gasteiger partial charge < -0.3 is 4.79 Å². The molecule has 1 heterocycles. The van der Waals surface area contributed by atoms with E-state index >= 15 is 0 Å². The fourth-order valence-corrected chi connectivity index (χ4v) is 1.75. The minimum absolute atomic E-state index is 0.117. The Bertz CT molecular complexity index is 430. The zero-order chi connectivity index (χ0) is 12.1. The van der Waals surface area contributed by atoms with E-state index in [0.29, 0.717) is 28.6 Å². The molecule has 0 amide bonds. The van der Waals surface area contributed by atoms with E-state index in [-0.39, 0.29) is 5.78 Å². The number of carbonyl (C=O) groups is 1. The van der Waals surface area contributed by atoms with Crippen molar-refractivity contribution in [3.8, 4) is 0 Å². The molecule has 5 heteroatoms. The monoisotopic (exact) mass is 258 g/mol. The number of aliphatic imine (C=N–C) groups is 1. The summed E-state index contributed by atoms with van der Waals surface area (Å²) >= 11 is 11.8. The number of Topliss-reactive ketones (excluding diaryl/α,β-unsaturated/α-hetero) is 1. The van der Waals surface area contributed by atoms with E-state index in [4.69, 9.17) is 23.2 Å². The summed E-state index contributed by atoms with van der Waals surface area (Å²) in [4.78, 5) is 19.1. The molecule has 3 nitrogen and oxygen atoms in total. The van der Waals surface area contributed by atoms with Gasteiger partial charge in [0.05, 0.1) is 15.8 Å². The van der Waals surface area contributed by atoms with Crippen LogP contribution in [0.25, 0.3) is 0 Å². The molecule has 0 aliphatic heterocycles. The summed E-state index contributed by atoms with van der Waals surface area (Å²) in [5.74, 6) is 0.117. The Morgan fingerprint density at radius 3 is 2.62 bits per heavy atom. The Hall–Kier alpha value is -0.930. The van der Waals surface area contributed by atoms with Gasteiger partial charge in [-0.05, 0) is 19.4 Å². The van der Waals surface area contributed by atoms with Gasteiger partial charge in [-0.1, -0.05) is 23.2 Å². The topological polar surface area (TPSA) is 42.3 Å². The SMILES string of the molecule is CN=C(CCC(C)=O)c1ncc(Cl)cc1Cl. The van der Waals surface area contributed by atoms with Crippen molar-refractivity contribution >= 4 is 34.7 Å². The fraction of sp³-hybridized carbons (Fsp3) is 0.364. The average molecular weight is 259 g/mol. The molecule has 0 saturated heterocycles. The summed E-state index contributed by atoms with van der Waals surface area (Å²) in [5.41, 5.74) is 1.31. The van der Waals surface area contributed by atoms with E-state index < -0.39 is 0 Å². The number of nitrogens with zero attached hydrogens (tertiary/aromatic N) is 2.